The number of hydrogen-bond donors (Lipinski definition) is 1. The SMILES string of the molecule is Cc1cc2c(cc1CNC(=O)c1ccc(F)c(F)c1)OCCO2. The summed E-state index contributed by atoms with van der Waals surface area (Å²) >= 11 is 0. The average molecular weight is 319 g/mol. The fourth-order valence-electron chi connectivity index (χ4n) is 2.34. The van der Waals surface area contributed by atoms with Gasteiger partial charge in [-0.2, -0.15) is 0 Å². The van der Waals surface area contributed by atoms with Gasteiger partial charge in [0.15, 0.2) is 23.1 Å². The zero-order chi connectivity index (χ0) is 16.4. The van der Waals surface area contributed by atoms with E-state index in [-0.39, 0.29) is 12.1 Å². The van der Waals surface area contributed by atoms with E-state index in [1.807, 2.05) is 19.1 Å². The molecule has 2 aromatic rings. The molecule has 1 N–H and O–H groups in total. The first-order chi connectivity index (χ1) is 11.0. The molecule has 0 bridgehead atoms. The highest BCUT2D eigenvalue weighted by Gasteiger charge is 2.15. The molecule has 1 aliphatic heterocycles. The third-order valence-electron chi connectivity index (χ3n) is 3.62. The molecule has 0 aromatic heterocycles. The van der Waals surface area contributed by atoms with Crippen molar-refractivity contribution in [1.82, 2.24) is 5.32 Å². The van der Waals surface area contributed by atoms with Crippen LogP contribution in [0.2, 0.25) is 0 Å². The lowest BCUT2D eigenvalue weighted by molar-refractivity contribution is 0.0950. The van der Waals surface area contributed by atoms with Gasteiger partial charge in [-0.3, -0.25) is 4.79 Å². The van der Waals surface area contributed by atoms with Crippen LogP contribution in [0.3, 0.4) is 0 Å². The Balaban J connectivity index is 1.72. The van der Waals surface area contributed by atoms with Crippen molar-refractivity contribution in [2.75, 3.05) is 13.2 Å². The minimum absolute atomic E-state index is 0.0686. The summed E-state index contributed by atoms with van der Waals surface area (Å²) in [6, 6.07) is 6.72. The van der Waals surface area contributed by atoms with Crippen molar-refractivity contribution in [1.29, 1.82) is 0 Å². The fourth-order valence-corrected chi connectivity index (χ4v) is 2.34. The molecule has 0 atom stereocenters. The molecule has 0 spiro atoms. The second-order valence-electron chi connectivity index (χ2n) is 5.23. The maximum atomic E-state index is 13.2. The molecule has 0 fully saturated rings. The molecule has 0 unspecified atom stereocenters. The number of halogens is 2. The highest BCUT2D eigenvalue weighted by Crippen LogP contribution is 2.32. The number of fused-ring (bicyclic) bond motifs is 1. The summed E-state index contributed by atoms with van der Waals surface area (Å²) in [5.41, 5.74) is 1.88. The Labute approximate surface area is 132 Å². The summed E-state index contributed by atoms with van der Waals surface area (Å²) in [6.07, 6.45) is 0. The molecule has 0 radical (unpaired) electrons. The molecular formula is C17H15F2NO3. The number of amides is 1. The van der Waals surface area contributed by atoms with Gasteiger partial charge in [-0.15, -0.1) is 0 Å². The maximum Gasteiger partial charge on any atom is 0.251 e. The number of benzene rings is 2. The fraction of sp³-hybridized carbons (Fsp3) is 0.235. The highest BCUT2D eigenvalue weighted by atomic mass is 19.2. The van der Waals surface area contributed by atoms with Gasteiger partial charge in [-0.25, -0.2) is 8.78 Å². The smallest absolute Gasteiger partial charge is 0.251 e. The van der Waals surface area contributed by atoms with Crippen molar-refractivity contribution in [3.8, 4) is 11.5 Å². The highest BCUT2D eigenvalue weighted by molar-refractivity contribution is 5.94. The van der Waals surface area contributed by atoms with Crippen LogP contribution in [0.1, 0.15) is 21.5 Å². The molecule has 0 saturated heterocycles. The van der Waals surface area contributed by atoms with E-state index in [1.54, 1.807) is 0 Å². The third-order valence-corrected chi connectivity index (χ3v) is 3.62. The topological polar surface area (TPSA) is 47.6 Å². The molecule has 120 valence electrons. The van der Waals surface area contributed by atoms with E-state index in [4.69, 9.17) is 9.47 Å². The Hall–Kier alpha value is -2.63. The predicted molar refractivity (Wildman–Crippen MR) is 79.7 cm³/mol. The largest absolute Gasteiger partial charge is 0.486 e. The molecule has 3 rings (SSSR count). The molecule has 2 aromatic carbocycles. The lowest BCUT2D eigenvalue weighted by Gasteiger charge is -2.20. The van der Waals surface area contributed by atoms with Crippen molar-refractivity contribution in [2.24, 2.45) is 0 Å². The van der Waals surface area contributed by atoms with E-state index in [2.05, 4.69) is 5.32 Å². The first kappa shape index (κ1) is 15.3. The second kappa shape index (κ2) is 6.24. The third kappa shape index (κ3) is 3.26. The van der Waals surface area contributed by atoms with Crippen LogP contribution in [0.4, 0.5) is 8.78 Å². The summed E-state index contributed by atoms with van der Waals surface area (Å²) < 4.78 is 37.1. The van der Waals surface area contributed by atoms with Gasteiger partial charge in [-0.1, -0.05) is 0 Å². The number of aryl methyl sites for hydroxylation is 1. The first-order valence-corrected chi connectivity index (χ1v) is 7.17. The van der Waals surface area contributed by atoms with E-state index in [9.17, 15) is 13.6 Å². The average Bonchev–Trinajstić information content (AvgIpc) is 2.55. The molecule has 0 aliphatic carbocycles. The predicted octanol–water partition coefficient (Wildman–Crippen LogP) is 2.97. The Morgan fingerprint density at radius 3 is 2.48 bits per heavy atom. The Bertz CT molecular complexity index is 762. The van der Waals surface area contributed by atoms with Crippen LogP contribution in [0.15, 0.2) is 30.3 Å². The van der Waals surface area contributed by atoms with Crippen molar-refractivity contribution in [3.05, 3.63) is 58.7 Å². The minimum Gasteiger partial charge on any atom is -0.486 e. The number of nitrogens with one attached hydrogen (secondary N) is 1. The van der Waals surface area contributed by atoms with Crippen LogP contribution < -0.4 is 14.8 Å². The van der Waals surface area contributed by atoms with E-state index in [0.29, 0.717) is 24.7 Å². The maximum absolute atomic E-state index is 13.2. The molecule has 4 nitrogen and oxygen atoms in total. The second-order valence-corrected chi connectivity index (χ2v) is 5.23. The van der Waals surface area contributed by atoms with E-state index in [0.717, 1.165) is 23.3 Å². The number of hydrogen-bond acceptors (Lipinski definition) is 3. The van der Waals surface area contributed by atoms with E-state index in [1.165, 1.54) is 6.07 Å². The molecular weight excluding hydrogens is 304 g/mol. The van der Waals surface area contributed by atoms with Gasteiger partial charge in [0, 0.05) is 12.1 Å². The van der Waals surface area contributed by atoms with Crippen LogP contribution in [-0.2, 0) is 6.54 Å². The van der Waals surface area contributed by atoms with Gasteiger partial charge in [0.25, 0.3) is 5.91 Å². The van der Waals surface area contributed by atoms with Gasteiger partial charge >= 0.3 is 0 Å². The van der Waals surface area contributed by atoms with Gasteiger partial charge < -0.3 is 14.8 Å². The van der Waals surface area contributed by atoms with Crippen molar-refractivity contribution >= 4 is 5.91 Å². The molecule has 0 saturated carbocycles. The number of ether oxygens (including phenoxy) is 2. The van der Waals surface area contributed by atoms with Crippen LogP contribution >= 0.6 is 0 Å². The summed E-state index contributed by atoms with van der Waals surface area (Å²) in [5.74, 6) is -1.18. The lowest BCUT2D eigenvalue weighted by atomic mass is 10.1. The zero-order valence-corrected chi connectivity index (χ0v) is 12.5. The van der Waals surface area contributed by atoms with E-state index < -0.39 is 17.5 Å². The Morgan fingerprint density at radius 2 is 1.78 bits per heavy atom. The standard InChI is InChI=1S/C17H15F2NO3/c1-10-6-15-16(23-5-4-22-15)8-12(10)9-20-17(21)11-2-3-13(18)14(19)7-11/h2-3,6-8H,4-5,9H2,1H3,(H,20,21). The molecule has 1 aliphatic rings. The van der Waals surface area contributed by atoms with Gasteiger partial charge in [0.2, 0.25) is 0 Å². The summed E-state index contributed by atoms with van der Waals surface area (Å²) in [5, 5.41) is 2.69. The quantitative estimate of drug-likeness (QED) is 0.946. The van der Waals surface area contributed by atoms with E-state index >= 15 is 0 Å². The van der Waals surface area contributed by atoms with Gasteiger partial charge in [-0.05, 0) is 48.4 Å². The van der Waals surface area contributed by atoms with Crippen LogP contribution in [0.5, 0.6) is 11.5 Å². The van der Waals surface area contributed by atoms with Crippen LogP contribution in [-0.4, -0.2) is 19.1 Å². The molecule has 6 heteroatoms. The van der Waals surface area contributed by atoms with Crippen molar-refractivity contribution < 1.29 is 23.0 Å². The Morgan fingerprint density at radius 1 is 1.09 bits per heavy atom. The van der Waals surface area contributed by atoms with Gasteiger partial charge in [0.1, 0.15) is 13.2 Å². The van der Waals surface area contributed by atoms with Crippen molar-refractivity contribution in [2.45, 2.75) is 13.5 Å². The van der Waals surface area contributed by atoms with Crippen LogP contribution in [0, 0.1) is 18.6 Å². The zero-order valence-electron chi connectivity index (χ0n) is 12.5. The number of rotatable bonds is 3. The van der Waals surface area contributed by atoms with Crippen LogP contribution in [0.25, 0.3) is 0 Å². The number of carbonyl (C=O) groups is 1. The first-order valence-electron chi connectivity index (χ1n) is 7.17. The normalized spacial score (nSPS) is 12.8. The van der Waals surface area contributed by atoms with Crippen molar-refractivity contribution in [3.63, 3.8) is 0 Å². The molecule has 1 heterocycles. The molecule has 1 amide bonds. The van der Waals surface area contributed by atoms with Gasteiger partial charge in [0.05, 0.1) is 0 Å². The minimum atomic E-state index is -1.05. The Kier molecular flexibility index (Phi) is 4.14. The monoisotopic (exact) mass is 319 g/mol. The lowest BCUT2D eigenvalue weighted by Crippen LogP contribution is -2.24. The summed E-state index contributed by atoms with van der Waals surface area (Å²) in [7, 11) is 0. The summed E-state index contributed by atoms with van der Waals surface area (Å²) in [6.45, 7) is 3.15. The molecule has 23 heavy (non-hydrogen) atoms. The summed E-state index contributed by atoms with van der Waals surface area (Å²) in [4.78, 5) is 12.0. The number of carbonyl (C=O) groups excluding carboxylic acids is 1.